The first-order valence-electron chi connectivity index (χ1n) is 7.99. The fraction of sp³-hybridized carbons (Fsp3) is 0.158. The van der Waals surface area contributed by atoms with E-state index in [1.165, 1.54) is 18.2 Å². The Kier molecular flexibility index (Phi) is 4.15. The minimum atomic E-state index is -4.77. The average Bonchev–Trinajstić information content (AvgIpc) is 2.97. The monoisotopic (exact) mass is 390 g/mol. The van der Waals surface area contributed by atoms with Crippen molar-refractivity contribution in [3.8, 4) is 17.2 Å². The molecule has 0 fully saturated rings. The maximum atomic E-state index is 12.6. The number of ether oxygens (including phenoxy) is 2. The zero-order valence-corrected chi connectivity index (χ0v) is 15.1. The molecule has 0 amide bonds. The number of hydrogen-bond donors (Lipinski definition) is 0. The Morgan fingerprint density at radius 3 is 2.67 bits per heavy atom. The van der Waals surface area contributed by atoms with Crippen molar-refractivity contribution in [1.29, 1.82) is 0 Å². The third-order valence-corrected chi connectivity index (χ3v) is 4.84. The molecular formula is C19H13F3N2O2S. The Morgan fingerprint density at radius 1 is 1.07 bits per heavy atom. The third-order valence-electron chi connectivity index (χ3n) is 3.90. The minimum absolute atomic E-state index is 0.324. The summed E-state index contributed by atoms with van der Waals surface area (Å²) >= 11 is 1.55. The third kappa shape index (κ3) is 3.52. The van der Waals surface area contributed by atoms with Gasteiger partial charge in [0.25, 0.3) is 0 Å². The molecule has 0 saturated heterocycles. The molecule has 4 nitrogen and oxygen atoms in total. The largest absolute Gasteiger partial charge is 0.573 e. The van der Waals surface area contributed by atoms with Gasteiger partial charge in [0.15, 0.2) is 5.75 Å². The summed E-state index contributed by atoms with van der Waals surface area (Å²) in [5.74, 6) is 0.635. The van der Waals surface area contributed by atoms with Gasteiger partial charge in [0.1, 0.15) is 17.0 Å². The van der Waals surface area contributed by atoms with Crippen LogP contribution < -0.4 is 9.47 Å². The second kappa shape index (κ2) is 6.38. The van der Waals surface area contributed by atoms with Gasteiger partial charge in [-0.15, -0.1) is 24.5 Å². The zero-order valence-electron chi connectivity index (χ0n) is 14.3. The lowest BCUT2D eigenvalue weighted by molar-refractivity contribution is -0.274. The van der Waals surface area contributed by atoms with Crippen LogP contribution in [0.1, 0.15) is 10.6 Å². The number of rotatable bonds is 3. The van der Waals surface area contributed by atoms with Gasteiger partial charge in [-0.05, 0) is 44.2 Å². The molecule has 2 heterocycles. The predicted octanol–water partition coefficient (Wildman–Crippen LogP) is 6.15. The van der Waals surface area contributed by atoms with Gasteiger partial charge in [0.05, 0.1) is 15.2 Å². The molecule has 4 rings (SSSR count). The smallest absolute Gasteiger partial charge is 0.454 e. The van der Waals surface area contributed by atoms with E-state index in [-0.39, 0.29) is 5.75 Å². The van der Waals surface area contributed by atoms with Gasteiger partial charge in [-0.2, -0.15) is 0 Å². The van der Waals surface area contributed by atoms with Crippen molar-refractivity contribution in [1.82, 2.24) is 9.97 Å². The molecule has 4 aromatic rings. The quantitative estimate of drug-likeness (QED) is 0.421. The van der Waals surface area contributed by atoms with Gasteiger partial charge in [-0.25, -0.2) is 4.98 Å². The summed E-state index contributed by atoms with van der Waals surface area (Å²) in [6.07, 6.45) is -3.15. The average molecular weight is 390 g/mol. The van der Waals surface area contributed by atoms with E-state index >= 15 is 0 Å². The highest BCUT2D eigenvalue weighted by atomic mass is 32.1. The molecule has 0 atom stereocenters. The van der Waals surface area contributed by atoms with Crippen LogP contribution in [0, 0.1) is 13.8 Å². The molecule has 0 saturated carbocycles. The molecule has 0 aliphatic rings. The maximum absolute atomic E-state index is 12.6. The Labute approximate surface area is 156 Å². The van der Waals surface area contributed by atoms with Crippen molar-refractivity contribution in [2.45, 2.75) is 20.2 Å². The van der Waals surface area contributed by atoms with Crippen LogP contribution in [0.5, 0.6) is 17.2 Å². The Hall–Kier alpha value is -2.87. The number of aryl methyl sites for hydroxylation is 2. The topological polar surface area (TPSA) is 44.2 Å². The van der Waals surface area contributed by atoms with Gasteiger partial charge in [0.2, 0.25) is 0 Å². The lowest BCUT2D eigenvalue weighted by Gasteiger charge is -2.14. The first-order chi connectivity index (χ1) is 12.8. The Morgan fingerprint density at radius 2 is 1.89 bits per heavy atom. The van der Waals surface area contributed by atoms with Gasteiger partial charge in [-0.1, -0.05) is 6.07 Å². The summed E-state index contributed by atoms with van der Waals surface area (Å²) < 4.78 is 48.8. The molecular weight excluding hydrogens is 377 g/mol. The molecule has 0 bridgehead atoms. The van der Waals surface area contributed by atoms with Gasteiger partial charge < -0.3 is 9.47 Å². The number of para-hydroxylation sites is 1. The van der Waals surface area contributed by atoms with Crippen LogP contribution in [0.4, 0.5) is 13.2 Å². The molecule has 0 aliphatic carbocycles. The lowest BCUT2D eigenvalue weighted by Crippen LogP contribution is -2.17. The summed E-state index contributed by atoms with van der Waals surface area (Å²) in [6, 6.07) is 9.56. The van der Waals surface area contributed by atoms with Gasteiger partial charge >= 0.3 is 6.36 Å². The first-order valence-corrected chi connectivity index (χ1v) is 8.81. The van der Waals surface area contributed by atoms with Crippen LogP contribution in [0.2, 0.25) is 0 Å². The molecule has 0 aliphatic heterocycles. The molecule has 0 radical (unpaired) electrons. The standard InChI is InChI=1S/C19H13F3N2O2S/c1-10-9-23-14-7-6-12(26-19(20,21)22)8-13(14)18(10)25-15-4-3-5-16-17(15)24-11(2)27-16/h3-9H,1-2H3. The van der Waals surface area contributed by atoms with Gasteiger partial charge in [0, 0.05) is 17.1 Å². The van der Waals surface area contributed by atoms with Crippen LogP contribution >= 0.6 is 11.3 Å². The number of thiazole rings is 1. The van der Waals surface area contributed by atoms with E-state index in [0.717, 1.165) is 9.71 Å². The minimum Gasteiger partial charge on any atom is -0.454 e. The van der Waals surface area contributed by atoms with Crippen molar-refractivity contribution >= 4 is 32.5 Å². The summed E-state index contributed by atoms with van der Waals surface area (Å²) in [6.45, 7) is 3.69. The van der Waals surface area contributed by atoms with Crippen molar-refractivity contribution in [2.75, 3.05) is 0 Å². The second-order valence-corrected chi connectivity index (χ2v) is 7.17. The highest BCUT2D eigenvalue weighted by Crippen LogP contribution is 2.38. The number of alkyl halides is 3. The molecule has 8 heteroatoms. The summed E-state index contributed by atoms with van der Waals surface area (Å²) in [5.41, 5.74) is 1.91. The van der Waals surface area contributed by atoms with E-state index in [0.29, 0.717) is 33.5 Å². The number of halogens is 3. The summed E-state index contributed by atoms with van der Waals surface area (Å²) in [7, 11) is 0. The first kappa shape index (κ1) is 17.5. The maximum Gasteiger partial charge on any atom is 0.573 e. The number of hydrogen-bond acceptors (Lipinski definition) is 5. The molecule has 2 aromatic carbocycles. The van der Waals surface area contributed by atoms with Crippen LogP contribution in [0.3, 0.4) is 0 Å². The Balaban J connectivity index is 1.84. The van der Waals surface area contributed by atoms with Crippen LogP contribution in [0.15, 0.2) is 42.6 Å². The second-order valence-electron chi connectivity index (χ2n) is 5.93. The molecule has 0 spiro atoms. The van der Waals surface area contributed by atoms with Crippen LogP contribution in [-0.2, 0) is 0 Å². The number of nitrogens with zero attached hydrogens (tertiary/aromatic N) is 2. The fourth-order valence-electron chi connectivity index (χ4n) is 2.81. The van der Waals surface area contributed by atoms with E-state index in [9.17, 15) is 13.2 Å². The van der Waals surface area contributed by atoms with E-state index in [4.69, 9.17) is 4.74 Å². The SMILES string of the molecule is Cc1nc2c(Oc3c(C)cnc4ccc(OC(F)(F)F)cc34)cccc2s1. The Bertz CT molecular complexity index is 1160. The summed E-state index contributed by atoms with van der Waals surface area (Å²) in [4.78, 5) is 8.75. The lowest BCUT2D eigenvalue weighted by atomic mass is 10.1. The van der Waals surface area contributed by atoms with Crippen LogP contribution in [0.25, 0.3) is 21.1 Å². The normalized spacial score (nSPS) is 11.9. The summed E-state index contributed by atoms with van der Waals surface area (Å²) in [5, 5.41) is 1.33. The zero-order chi connectivity index (χ0) is 19.2. The van der Waals surface area contributed by atoms with Crippen molar-refractivity contribution in [3.05, 3.63) is 53.2 Å². The van der Waals surface area contributed by atoms with Gasteiger partial charge in [-0.3, -0.25) is 4.98 Å². The molecule has 138 valence electrons. The number of fused-ring (bicyclic) bond motifs is 2. The van der Waals surface area contributed by atoms with E-state index < -0.39 is 6.36 Å². The molecule has 0 N–H and O–H groups in total. The molecule has 27 heavy (non-hydrogen) atoms. The van der Waals surface area contributed by atoms with E-state index in [2.05, 4.69) is 14.7 Å². The number of benzene rings is 2. The fourth-order valence-corrected chi connectivity index (χ4v) is 3.65. The van der Waals surface area contributed by atoms with Crippen LogP contribution in [-0.4, -0.2) is 16.3 Å². The van der Waals surface area contributed by atoms with E-state index in [1.807, 2.05) is 19.1 Å². The predicted molar refractivity (Wildman–Crippen MR) is 97.6 cm³/mol. The van der Waals surface area contributed by atoms with Crippen molar-refractivity contribution in [3.63, 3.8) is 0 Å². The number of aromatic nitrogens is 2. The van der Waals surface area contributed by atoms with Crippen molar-refractivity contribution in [2.24, 2.45) is 0 Å². The van der Waals surface area contributed by atoms with Crippen molar-refractivity contribution < 1.29 is 22.6 Å². The molecule has 2 aromatic heterocycles. The number of pyridine rings is 1. The van der Waals surface area contributed by atoms with E-state index in [1.54, 1.807) is 30.5 Å². The highest BCUT2D eigenvalue weighted by molar-refractivity contribution is 7.18. The highest BCUT2D eigenvalue weighted by Gasteiger charge is 2.31. The molecule has 0 unspecified atom stereocenters.